The number of rotatable bonds is 32. The van der Waals surface area contributed by atoms with E-state index in [0.29, 0.717) is 0 Å². The third kappa shape index (κ3) is 41.9. The first-order valence-electron chi connectivity index (χ1n) is 18.4. The highest BCUT2D eigenvalue weighted by Gasteiger charge is 1.95. The molecule has 0 aliphatic carbocycles. The van der Waals surface area contributed by atoms with Crippen molar-refractivity contribution in [2.24, 2.45) is 0 Å². The molecule has 0 unspecified atom stereocenters. The van der Waals surface area contributed by atoms with E-state index in [1.54, 1.807) is 0 Å². The van der Waals surface area contributed by atoms with Gasteiger partial charge in [0.15, 0.2) is 0 Å². The molecule has 40 heavy (non-hydrogen) atoms. The largest absolute Gasteiger partial charge is 0.381 e. The monoisotopic (exact) mass is 563 g/mol. The molecule has 0 bridgehead atoms. The lowest BCUT2D eigenvalue weighted by Crippen LogP contribution is -1.97. The molecule has 1 heterocycles. The highest BCUT2D eigenvalue weighted by Crippen LogP contribution is 2.12. The van der Waals surface area contributed by atoms with Gasteiger partial charge in [0, 0.05) is 13.2 Å². The summed E-state index contributed by atoms with van der Waals surface area (Å²) in [5.74, 6) is 0. The second kappa shape index (κ2) is 38.4. The Balaban J connectivity index is 0.00000471. The fourth-order valence-electron chi connectivity index (χ4n) is 5.01. The van der Waals surface area contributed by atoms with Crippen LogP contribution in [0.25, 0.3) is 0 Å². The molecule has 0 N–H and O–H groups in total. The molecule has 0 saturated carbocycles. The van der Waals surface area contributed by atoms with Gasteiger partial charge in [-0.05, 0) is 64.2 Å². The minimum atomic E-state index is 0.978. The third-order valence-corrected chi connectivity index (χ3v) is 7.81. The van der Waals surface area contributed by atoms with Crippen LogP contribution in [-0.2, 0) is 9.47 Å². The Hall–Kier alpha value is -0.600. The summed E-state index contributed by atoms with van der Waals surface area (Å²) < 4.78 is 10.4. The van der Waals surface area contributed by atoms with Crippen LogP contribution in [-0.4, -0.2) is 26.4 Å². The normalized spacial score (nSPS) is 12.8. The zero-order chi connectivity index (χ0) is 28.9. The first-order valence-corrected chi connectivity index (χ1v) is 18.4. The highest BCUT2D eigenvalue weighted by atomic mass is 16.6. The van der Waals surface area contributed by atoms with Crippen LogP contribution >= 0.6 is 0 Å². The second-order valence-electron chi connectivity index (χ2n) is 12.1. The standard InChI is InChI=1S/C36H70O.C2H4O/c1-3-5-7-9-11-13-15-17-19-21-23-25-27-29-31-33-35-37-36-34-32-30-28-26-24-22-20-18-16-14-12-10-8-6-4-2;1-2-3-1/h17-20H,3-16,21-36H2,1-2H3;1-2H2. The molecule has 1 aliphatic heterocycles. The third-order valence-electron chi connectivity index (χ3n) is 7.81. The maximum absolute atomic E-state index is 5.85. The van der Waals surface area contributed by atoms with Crippen molar-refractivity contribution < 1.29 is 9.47 Å². The molecule has 238 valence electrons. The number of allylic oxidation sites excluding steroid dienone is 4. The zero-order valence-corrected chi connectivity index (χ0v) is 27.8. The molecule has 1 aliphatic rings. The smallest absolute Gasteiger partial charge is 0.0701 e. The van der Waals surface area contributed by atoms with Crippen LogP contribution in [0.15, 0.2) is 24.3 Å². The fraction of sp³-hybridized carbons (Fsp3) is 0.895. The summed E-state index contributed by atoms with van der Waals surface area (Å²) in [7, 11) is 0. The van der Waals surface area contributed by atoms with Gasteiger partial charge in [0.1, 0.15) is 0 Å². The Morgan fingerprint density at radius 3 is 0.900 bits per heavy atom. The van der Waals surface area contributed by atoms with Crippen LogP contribution in [0, 0.1) is 0 Å². The predicted molar refractivity (Wildman–Crippen MR) is 181 cm³/mol. The topological polar surface area (TPSA) is 21.8 Å². The van der Waals surface area contributed by atoms with Crippen LogP contribution in [0.1, 0.15) is 194 Å². The van der Waals surface area contributed by atoms with Gasteiger partial charge < -0.3 is 9.47 Å². The SMILES string of the molecule is C1CO1.CCCCCCCCC=CCCCCCCCCOCCCCCCCCC=CCCCCCCCC. The summed E-state index contributed by atoms with van der Waals surface area (Å²) in [5, 5.41) is 0. The van der Waals surface area contributed by atoms with E-state index in [9.17, 15) is 0 Å². The Bertz CT molecular complexity index is 439. The lowest BCUT2D eigenvalue weighted by atomic mass is 10.1. The molecule has 0 radical (unpaired) electrons. The molecule has 0 aromatic rings. The Morgan fingerprint density at radius 1 is 0.375 bits per heavy atom. The van der Waals surface area contributed by atoms with Crippen molar-refractivity contribution in [1.29, 1.82) is 0 Å². The van der Waals surface area contributed by atoms with Gasteiger partial charge in [0.2, 0.25) is 0 Å². The number of ether oxygens (including phenoxy) is 2. The van der Waals surface area contributed by atoms with Gasteiger partial charge in [-0.1, -0.05) is 154 Å². The van der Waals surface area contributed by atoms with Crippen molar-refractivity contribution in [1.82, 2.24) is 0 Å². The number of hydrogen-bond acceptors (Lipinski definition) is 2. The number of unbranched alkanes of at least 4 members (excludes halogenated alkanes) is 24. The molecule has 1 rings (SSSR count). The first-order chi connectivity index (χ1) is 19.9. The molecule has 1 fully saturated rings. The molecule has 1 saturated heterocycles. The molecule has 0 aromatic heterocycles. The minimum absolute atomic E-state index is 0.978. The fourth-order valence-corrected chi connectivity index (χ4v) is 5.01. The van der Waals surface area contributed by atoms with E-state index < -0.39 is 0 Å². The van der Waals surface area contributed by atoms with Gasteiger partial charge in [-0.2, -0.15) is 0 Å². The van der Waals surface area contributed by atoms with Crippen LogP contribution in [0.2, 0.25) is 0 Å². The van der Waals surface area contributed by atoms with Crippen LogP contribution in [0.4, 0.5) is 0 Å². The summed E-state index contributed by atoms with van der Waals surface area (Å²) in [6.45, 7) is 8.54. The lowest BCUT2D eigenvalue weighted by molar-refractivity contribution is 0.125. The van der Waals surface area contributed by atoms with Crippen LogP contribution < -0.4 is 0 Å². The summed E-state index contributed by atoms with van der Waals surface area (Å²) >= 11 is 0. The van der Waals surface area contributed by atoms with Gasteiger partial charge >= 0.3 is 0 Å². The molecule has 0 aromatic carbocycles. The van der Waals surface area contributed by atoms with Gasteiger partial charge in [-0.3, -0.25) is 0 Å². The number of hydrogen-bond donors (Lipinski definition) is 0. The van der Waals surface area contributed by atoms with E-state index in [2.05, 4.69) is 42.9 Å². The zero-order valence-electron chi connectivity index (χ0n) is 27.8. The lowest BCUT2D eigenvalue weighted by Gasteiger charge is -2.05. The average Bonchev–Trinajstić information content (AvgIpc) is 3.86. The summed E-state index contributed by atoms with van der Waals surface area (Å²) in [6, 6.07) is 0. The van der Waals surface area contributed by atoms with Crippen molar-refractivity contribution in [2.75, 3.05) is 26.4 Å². The number of epoxide rings is 1. The molecule has 0 amide bonds. The maximum Gasteiger partial charge on any atom is 0.0701 e. The highest BCUT2D eigenvalue weighted by molar-refractivity contribution is 4.82. The quantitative estimate of drug-likeness (QED) is 0.0462. The van der Waals surface area contributed by atoms with Gasteiger partial charge in [0.05, 0.1) is 13.2 Å². The maximum atomic E-state index is 5.85. The summed E-state index contributed by atoms with van der Waals surface area (Å²) in [5.41, 5.74) is 0. The molecule has 2 heteroatoms. The second-order valence-corrected chi connectivity index (χ2v) is 12.1. The van der Waals surface area contributed by atoms with Crippen LogP contribution in [0.3, 0.4) is 0 Å². The summed E-state index contributed by atoms with van der Waals surface area (Å²) in [6.07, 6.45) is 48.1. The minimum Gasteiger partial charge on any atom is -0.381 e. The van der Waals surface area contributed by atoms with Gasteiger partial charge in [-0.25, -0.2) is 0 Å². The summed E-state index contributed by atoms with van der Waals surface area (Å²) in [4.78, 5) is 0. The molecule has 0 atom stereocenters. The van der Waals surface area contributed by atoms with Crippen molar-refractivity contribution in [3.05, 3.63) is 24.3 Å². The van der Waals surface area contributed by atoms with Crippen molar-refractivity contribution in [3.8, 4) is 0 Å². The predicted octanol–water partition coefficient (Wildman–Crippen LogP) is 13.1. The van der Waals surface area contributed by atoms with Gasteiger partial charge in [0.25, 0.3) is 0 Å². The van der Waals surface area contributed by atoms with Crippen molar-refractivity contribution in [2.45, 2.75) is 194 Å². The van der Waals surface area contributed by atoms with Gasteiger partial charge in [-0.15, -0.1) is 0 Å². The van der Waals surface area contributed by atoms with E-state index >= 15 is 0 Å². The molecule has 0 spiro atoms. The Kier molecular flexibility index (Phi) is 37.8. The van der Waals surface area contributed by atoms with Crippen molar-refractivity contribution >= 4 is 0 Å². The van der Waals surface area contributed by atoms with Crippen LogP contribution in [0.5, 0.6) is 0 Å². The van der Waals surface area contributed by atoms with E-state index in [1.165, 1.54) is 180 Å². The molecule has 2 nitrogen and oxygen atoms in total. The molecular weight excluding hydrogens is 488 g/mol. The van der Waals surface area contributed by atoms with E-state index in [1.807, 2.05) is 0 Å². The first kappa shape index (κ1) is 39.4. The Morgan fingerprint density at radius 2 is 0.625 bits per heavy atom. The Labute approximate surface area is 253 Å². The van der Waals surface area contributed by atoms with E-state index in [-0.39, 0.29) is 0 Å². The average molecular weight is 563 g/mol. The van der Waals surface area contributed by atoms with E-state index in [4.69, 9.17) is 4.74 Å². The van der Waals surface area contributed by atoms with Crippen molar-refractivity contribution in [3.63, 3.8) is 0 Å². The molecular formula is C38H74O2. The van der Waals surface area contributed by atoms with E-state index in [0.717, 1.165) is 26.4 Å².